The number of halogens is 3. The fraction of sp³-hybridized carbons (Fsp3) is 0.167. The van der Waals surface area contributed by atoms with E-state index in [9.17, 15) is 4.39 Å². The first kappa shape index (κ1) is 20.2. The Morgan fingerprint density at radius 3 is 2.58 bits per heavy atom. The van der Waals surface area contributed by atoms with Gasteiger partial charge >= 0.3 is 0 Å². The maximum Gasteiger partial charge on any atom is 0.124 e. The summed E-state index contributed by atoms with van der Waals surface area (Å²) in [6.07, 6.45) is 0.809. The van der Waals surface area contributed by atoms with E-state index in [-0.39, 0.29) is 30.6 Å². The van der Waals surface area contributed by atoms with Gasteiger partial charge in [0.15, 0.2) is 0 Å². The van der Waals surface area contributed by atoms with Gasteiger partial charge in [-0.05, 0) is 60.5 Å². The van der Waals surface area contributed by atoms with Gasteiger partial charge in [-0.1, -0.05) is 18.2 Å². The molecule has 24 heavy (non-hydrogen) atoms. The average Bonchev–Trinajstić information content (AvgIpc) is 2.52. The van der Waals surface area contributed by atoms with Crippen LogP contribution in [0.4, 0.5) is 10.2 Å². The Bertz CT molecular complexity index is 796. The van der Waals surface area contributed by atoms with E-state index in [0.717, 1.165) is 36.0 Å². The molecule has 0 aliphatic heterocycles. The van der Waals surface area contributed by atoms with Crippen LogP contribution in [-0.4, -0.2) is 11.5 Å². The Morgan fingerprint density at radius 1 is 0.958 bits per heavy atom. The number of nitrogens with zero attached hydrogens (tertiary/aromatic N) is 1. The van der Waals surface area contributed by atoms with Gasteiger partial charge in [-0.15, -0.1) is 24.8 Å². The minimum absolute atomic E-state index is 0. The fourth-order valence-corrected chi connectivity index (χ4v) is 2.46. The van der Waals surface area contributed by atoms with Crippen LogP contribution in [0.2, 0.25) is 0 Å². The second-order valence-electron chi connectivity index (χ2n) is 5.32. The molecule has 0 atom stereocenters. The Balaban J connectivity index is 0.00000144. The first-order valence-electron chi connectivity index (χ1n) is 7.31. The molecule has 6 heteroatoms. The molecule has 0 saturated heterocycles. The van der Waals surface area contributed by atoms with Crippen LogP contribution in [0.15, 0.2) is 54.6 Å². The molecule has 3 rings (SSSR count). The van der Waals surface area contributed by atoms with Gasteiger partial charge in [-0.2, -0.15) is 0 Å². The van der Waals surface area contributed by atoms with Crippen molar-refractivity contribution in [2.24, 2.45) is 0 Å². The van der Waals surface area contributed by atoms with Crippen molar-refractivity contribution in [3.05, 3.63) is 71.5 Å². The molecule has 0 unspecified atom stereocenters. The summed E-state index contributed by atoms with van der Waals surface area (Å²) in [5.41, 5.74) is 8.78. The molecule has 3 N–H and O–H groups in total. The number of aromatic nitrogens is 1. The highest BCUT2D eigenvalue weighted by molar-refractivity contribution is 5.85. The van der Waals surface area contributed by atoms with Crippen LogP contribution in [0.5, 0.6) is 0 Å². The molecule has 1 heterocycles. The Labute approximate surface area is 153 Å². The Kier molecular flexibility index (Phi) is 7.92. The molecule has 2 aromatic carbocycles. The van der Waals surface area contributed by atoms with E-state index in [1.165, 1.54) is 11.6 Å². The summed E-state index contributed by atoms with van der Waals surface area (Å²) in [5.74, 6) is 0.354. The van der Waals surface area contributed by atoms with Crippen LogP contribution in [0.1, 0.15) is 11.1 Å². The van der Waals surface area contributed by atoms with E-state index in [4.69, 9.17) is 5.73 Å². The van der Waals surface area contributed by atoms with Crippen LogP contribution < -0.4 is 11.1 Å². The van der Waals surface area contributed by atoms with Gasteiger partial charge in [0.25, 0.3) is 0 Å². The zero-order valence-corrected chi connectivity index (χ0v) is 14.7. The SMILES string of the molecule is Cl.Cl.Nc1ccc2cc(CNCCc3cccc(F)c3)ccc2n1. The normalized spacial score (nSPS) is 10.0. The van der Waals surface area contributed by atoms with Crippen molar-refractivity contribution in [1.82, 2.24) is 10.3 Å². The minimum Gasteiger partial charge on any atom is -0.384 e. The van der Waals surface area contributed by atoms with E-state index < -0.39 is 0 Å². The second kappa shape index (κ2) is 9.42. The summed E-state index contributed by atoms with van der Waals surface area (Å²) in [5, 5.41) is 4.46. The molecule has 128 valence electrons. The number of nitrogens with two attached hydrogens (primary N) is 1. The highest BCUT2D eigenvalue weighted by Crippen LogP contribution is 2.15. The van der Waals surface area contributed by atoms with Crippen molar-refractivity contribution < 1.29 is 4.39 Å². The highest BCUT2D eigenvalue weighted by Gasteiger charge is 1.99. The zero-order valence-electron chi connectivity index (χ0n) is 13.0. The van der Waals surface area contributed by atoms with Crippen LogP contribution in [0.3, 0.4) is 0 Å². The third-order valence-electron chi connectivity index (χ3n) is 3.58. The molecule has 0 amide bonds. The lowest BCUT2D eigenvalue weighted by Gasteiger charge is -2.07. The average molecular weight is 368 g/mol. The molecule has 0 spiro atoms. The molecule has 0 bridgehead atoms. The Morgan fingerprint density at radius 2 is 1.79 bits per heavy atom. The summed E-state index contributed by atoms with van der Waals surface area (Å²) in [7, 11) is 0. The van der Waals surface area contributed by atoms with Crippen molar-refractivity contribution >= 4 is 41.5 Å². The smallest absolute Gasteiger partial charge is 0.124 e. The molecule has 1 aromatic heterocycles. The summed E-state index contributed by atoms with van der Waals surface area (Å²) >= 11 is 0. The predicted molar refractivity (Wildman–Crippen MR) is 102 cm³/mol. The summed E-state index contributed by atoms with van der Waals surface area (Å²) in [4.78, 5) is 4.28. The number of rotatable bonds is 5. The lowest BCUT2D eigenvalue weighted by atomic mass is 10.1. The van der Waals surface area contributed by atoms with Gasteiger partial charge in [0.2, 0.25) is 0 Å². The molecule has 3 nitrogen and oxygen atoms in total. The van der Waals surface area contributed by atoms with E-state index >= 15 is 0 Å². The van der Waals surface area contributed by atoms with Gasteiger partial charge in [0.1, 0.15) is 11.6 Å². The number of hydrogen-bond acceptors (Lipinski definition) is 3. The molecule has 3 aromatic rings. The number of fused-ring (bicyclic) bond motifs is 1. The van der Waals surface area contributed by atoms with Crippen molar-refractivity contribution in [2.45, 2.75) is 13.0 Å². The zero-order chi connectivity index (χ0) is 15.4. The standard InChI is InChI=1S/C18H18FN3.2ClH/c19-16-3-1-2-13(11-16)8-9-21-12-14-4-6-17-15(10-14)5-7-18(20)22-17;;/h1-7,10-11,21H,8-9,12H2,(H2,20,22);2*1H. The lowest BCUT2D eigenvalue weighted by Crippen LogP contribution is -2.16. The highest BCUT2D eigenvalue weighted by atomic mass is 35.5. The summed E-state index contributed by atoms with van der Waals surface area (Å²) < 4.78 is 13.1. The number of nitrogens with one attached hydrogen (secondary N) is 1. The molecule has 0 fully saturated rings. The van der Waals surface area contributed by atoms with Crippen LogP contribution in [0, 0.1) is 5.82 Å². The van der Waals surface area contributed by atoms with Gasteiger partial charge in [0, 0.05) is 11.9 Å². The Hall–Kier alpha value is -1.88. The minimum atomic E-state index is -0.182. The molecule has 0 saturated carbocycles. The second-order valence-corrected chi connectivity index (χ2v) is 5.32. The van der Waals surface area contributed by atoms with Gasteiger partial charge in [0.05, 0.1) is 5.52 Å². The third kappa shape index (κ3) is 5.34. The van der Waals surface area contributed by atoms with E-state index in [2.05, 4.69) is 16.4 Å². The summed E-state index contributed by atoms with van der Waals surface area (Å²) in [6, 6.07) is 16.7. The van der Waals surface area contributed by atoms with Crippen molar-refractivity contribution in [2.75, 3.05) is 12.3 Å². The first-order valence-corrected chi connectivity index (χ1v) is 7.31. The first-order chi connectivity index (χ1) is 10.7. The number of nitrogen functional groups attached to an aromatic ring is 1. The van der Waals surface area contributed by atoms with Crippen LogP contribution >= 0.6 is 24.8 Å². The topological polar surface area (TPSA) is 50.9 Å². The fourth-order valence-electron chi connectivity index (χ4n) is 2.46. The maximum absolute atomic E-state index is 13.1. The van der Waals surface area contributed by atoms with Crippen molar-refractivity contribution in [1.29, 1.82) is 0 Å². The third-order valence-corrected chi connectivity index (χ3v) is 3.58. The van der Waals surface area contributed by atoms with Crippen molar-refractivity contribution in [3.63, 3.8) is 0 Å². The predicted octanol–water partition coefficient (Wildman–Crippen LogP) is 4.13. The van der Waals surface area contributed by atoms with Gasteiger partial charge in [-0.3, -0.25) is 0 Å². The van der Waals surface area contributed by atoms with Gasteiger partial charge < -0.3 is 11.1 Å². The number of anilines is 1. The van der Waals surface area contributed by atoms with E-state index in [1.807, 2.05) is 30.3 Å². The molecule has 0 aliphatic carbocycles. The maximum atomic E-state index is 13.1. The van der Waals surface area contributed by atoms with Crippen LogP contribution in [-0.2, 0) is 13.0 Å². The molecular weight excluding hydrogens is 348 g/mol. The van der Waals surface area contributed by atoms with E-state index in [0.29, 0.717) is 5.82 Å². The quantitative estimate of drug-likeness (QED) is 0.666. The number of pyridine rings is 1. The summed E-state index contributed by atoms with van der Waals surface area (Å²) in [6.45, 7) is 1.58. The van der Waals surface area contributed by atoms with Crippen molar-refractivity contribution in [3.8, 4) is 0 Å². The number of hydrogen-bond donors (Lipinski definition) is 2. The molecular formula is C18H20Cl2FN3. The lowest BCUT2D eigenvalue weighted by molar-refractivity contribution is 0.622. The number of benzene rings is 2. The van der Waals surface area contributed by atoms with Gasteiger partial charge in [-0.25, -0.2) is 9.37 Å². The molecule has 0 aliphatic rings. The van der Waals surface area contributed by atoms with E-state index in [1.54, 1.807) is 12.1 Å². The van der Waals surface area contributed by atoms with Crippen LogP contribution in [0.25, 0.3) is 10.9 Å². The largest absolute Gasteiger partial charge is 0.384 e. The monoisotopic (exact) mass is 367 g/mol. The molecule has 0 radical (unpaired) electrons.